The number of carbonyl (C=O) groups excluding carboxylic acids is 1. The molecule has 0 saturated heterocycles. The Morgan fingerprint density at radius 3 is 2.91 bits per heavy atom. The number of aromatic nitrogens is 2. The molecule has 22 heavy (non-hydrogen) atoms. The van der Waals surface area contributed by atoms with Crippen LogP contribution in [0.3, 0.4) is 0 Å². The number of amides is 1. The van der Waals surface area contributed by atoms with E-state index in [2.05, 4.69) is 34.0 Å². The second kappa shape index (κ2) is 6.75. The fourth-order valence-corrected chi connectivity index (χ4v) is 2.59. The van der Waals surface area contributed by atoms with Gasteiger partial charge in [-0.2, -0.15) is 0 Å². The standard InChI is InChI=1S/C17H24N4O/c1-17(2,12-21(3)4)11-20-15(22)6-5-13-7-9-18-16-14(13)8-10-19-16/h5-10H,11-12H2,1-4H3,(H,18,19)(H,20,22). The van der Waals surface area contributed by atoms with Crippen LogP contribution in [0.4, 0.5) is 0 Å². The SMILES string of the molecule is CN(C)CC(C)(C)CNC(=O)C=Cc1ccnc2[nH]ccc12. The molecule has 2 rings (SSSR count). The number of fused-ring (bicyclic) bond motifs is 1. The third-order valence-electron chi connectivity index (χ3n) is 3.39. The summed E-state index contributed by atoms with van der Waals surface area (Å²) in [5.74, 6) is -0.0765. The first-order valence-electron chi connectivity index (χ1n) is 7.40. The Balaban J connectivity index is 1.96. The Kier molecular flexibility index (Phi) is 4.98. The summed E-state index contributed by atoms with van der Waals surface area (Å²) in [5, 5.41) is 3.98. The van der Waals surface area contributed by atoms with Crippen LogP contribution in [-0.4, -0.2) is 48.0 Å². The lowest BCUT2D eigenvalue weighted by Gasteiger charge is -2.28. The summed E-state index contributed by atoms with van der Waals surface area (Å²) in [4.78, 5) is 21.4. The van der Waals surface area contributed by atoms with Crippen molar-refractivity contribution in [1.29, 1.82) is 0 Å². The summed E-state index contributed by atoms with van der Waals surface area (Å²) in [6.45, 7) is 5.85. The summed E-state index contributed by atoms with van der Waals surface area (Å²) >= 11 is 0. The van der Waals surface area contributed by atoms with E-state index in [-0.39, 0.29) is 11.3 Å². The van der Waals surface area contributed by atoms with E-state index in [1.165, 1.54) is 0 Å². The van der Waals surface area contributed by atoms with E-state index in [1.54, 1.807) is 12.3 Å². The lowest BCUT2D eigenvalue weighted by atomic mass is 9.93. The maximum Gasteiger partial charge on any atom is 0.244 e. The van der Waals surface area contributed by atoms with Crippen LogP contribution in [0.5, 0.6) is 0 Å². The zero-order valence-corrected chi connectivity index (χ0v) is 13.7. The molecule has 0 spiro atoms. The molecule has 2 heterocycles. The molecule has 0 aliphatic rings. The maximum absolute atomic E-state index is 12.0. The predicted molar refractivity (Wildman–Crippen MR) is 90.5 cm³/mol. The smallest absolute Gasteiger partial charge is 0.244 e. The molecule has 5 heteroatoms. The van der Waals surface area contributed by atoms with Crippen molar-refractivity contribution in [2.75, 3.05) is 27.2 Å². The van der Waals surface area contributed by atoms with Crippen molar-refractivity contribution in [2.24, 2.45) is 5.41 Å². The second-order valence-corrected chi connectivity index (χ2v) is 6.59. The second-order valence-electron chi connectivity index (χ2n) is 6.59. The molecular weight excluding hydrogens is 276 g/mol. The molecule has 2 aromatic heterocycles. The summed E-state index contributed by atoms with van der Waals surface area (Å²) in [6.07, 6.45) is 6.98. The van der Waals surface area contributed by atoms with Gasteiger partial charge in [0.05, 0.1) is 0 Å². The van der Waals surface area contributed by atoms with Gasteiger partial charge < -0.3 is 15.2 Å². The predicted octanol–water partition coefficient (Wildman–Crippen LogP) is 2.28. The Morgan fingerprint density at radius 2 is 2.18 bits per heavy atom. The van der Waals surface area contributed by atoms with Gasteiger partial charge in [-0.05, 0) is 43.3 Å². The molecule has 1 amide bonds. The summed E-state index contributed by atoms with van der Waals surface area (Å²) < 4.78 is 0. The lowest BCUT2D eigenvalue weighted by Crippen LogP contribution is -2.39. The van der Waals surface area contributed by atoms with Crippen molar-refractivity contribution in [1.82, 2.24) is 20.2 Å². The highest BCUT2D eigenvalue weighted by atomic mass is 16.1. The average Bonchev–Trinajstić information content (AvgIpc) is 2.90. The summed E-state index contributed by atoms with van der Waals surface area (Å²) in [5.41, 5.74) is 1.85. The monoisotopic (exact) mass is 300 g/mol. The van der Waals surface area contributed by atoms with Crippen LogP contribution in [-0.2, 0) is 4.79 Å². The van der Waals surface area contributed by atoms with Crippen LogP contribution in [0.1, 0.15) is 19.4 Å². The van der Waals surface area contributed by atoms with Crippen LogP contribution in [0.15, 0.2) is 30.6 Å². The van der Waals surface area contributed by atoms with Crippen LogP contribution in [0, 0.1) is 5.41 Å². The number of carbonyl (C=O) groups is 1. The van der Waals surface area contributed by atoms with E-state index in [4.69, 9.17) is 0 Å². The number of hydrogen-bond donors (Lipinski definition) is 2. The van der Waals surface area contributed by atoms with Gasteiger partial charge in [-0.25, -0.2) is 4.98 Å². The van der Waals surface area contributed by atoms with Gasteiger partial charge in [0.2, 0.25) is 5.91 Å². The molecule has 0 aromatic carbocycles. The van der Waals surface area contributed by atoms with Gasteiger partial charge in [0.1, 0.15) is 5.65 Å². The minimum Gasteiger partial charge on any atom is -0.352 e. The van der Waals surface area contributed by atoms with Crippen LogP contribution in [0.25, 0.3) is 17.1 Å². The van der Waals surface area contributed by atoms with E-state index in [0.29, 0.717) is 6.54 Å². The van der Waals surface area contributed by atoms with Crippen LogP contribution < -0.4 is 5.32 Å². The van der Waals surface area contributed by atoms with Gasteiger partial charge in [0.15, 0.2) is 0 Å². The van der Waals surface area contributed by atoms with E-state index in [9.17, 15) is 4.79 Å². The fraction of sp³-hybridized carbons (Fsp3) is 0.412. The first-order valence-corrected chi connectivity index (χ1v) is 7.40. The number of pyridine rings is 1. The quantitative estimate of drug-likeness (QED) is 0.805. The number of rotatable bonds is 6. The van der Waals surface area contributed by atoms with Crippen molar-refractivity contribution in [3.05, 3.63) is 36.2 Å². The molecule has 0 radical (unpaired) electrons. The van der Waals surface area contributed by atoms with Gasteiger partial charge >= 0.3 is 0 Å². The highest BCUT2D eigenvalue weighted by molar-refractivity contribution is 5.95. The minimum atomic E-state index is -0.0765. The molecule has 0 saturated carbocycles. The number of nitrogens with zero attached hydrogens (tertiary/aromatic N) is 2. The molecule has 0 aliphatic carbocycles. The van der Waals surface area contributed by atoms with Crippen molar-refractivity contribution in [3.8, 4) is 0 Å². The Labute approximate surface area is 131 Å². The molecule has 2 aromatic rings. The van der Waals surface area contributed by atoms with Crippen LogP contribution in [0.2, 0.25) is 0 Å². The largest absolute Gasteiger partial charge is 0.352 e. The van der Waals surface area contributed by atoms with Crippen molar-refractivity contribution >= 4 is 23.0 Å². The van der Waals surface area contributed by atoms with Crippen molar-refractivity contribution < 1.29 is 4.79 Å². The Morgan fingerprint density at radius 1 is 1.41 bits per heavy atom. The third-order valence-corrected chi connectivity index (χ3v) is 3.39. The first kappa shape index (κ1) is 16.2. The normalized spacial score (nSPS) is 12.4. The summed E-state index contributed by atoms with van der Waals surface area (Å²) in [6, 6.07) is 3.86. The molecule has 0 atom stereocenters. The highest BCUT2D eigenvalue weighted by Gasteiger charge is 2.19. The van der Waals surface area contributed by atoms with Crippen molar-refractivity contribution in [3.63, 3.8) is 0 Å². The van der Waals surface area contributed by atoms with E-state index in [0.717, 1.165) is 23.1 Å². The first-order chi connectivity index (χ1) is 10.4. The van der Waals surface area contributed by atoms with Gasteiger partial charge in [0.25, 0.3) is 0 Å². The number of nitrogens with one attached hydrogen (secondary N) is 2. The number of hydrogen-bond acceptors (Lipinski definition) is 3. The van der Waals surface area contributed by atoms with E-state index in [1.807, 2.05) is 38.5 Å². The topological polar surface area (TPSA) is 61.0 Å². The molecule has 2 N–H and O–H groups in total. The molecule has 0 fully saturated rings. The number of aromatic amines is 1. The molecule has 0 unspecified atom stereocenters. The van der Waals surface area contributed by atoms with E-state index >= 15 is 0 Å². The van der Waals surface area contributed by atoms with Crippen molar-refractivity contribution in [2.45, 2.75) is 13.8 Å². The fourth-order valence-electron chi connectivity index (χ4n) is 2.59. The van der Waals surface area contributed by atoms with Gasteiger partial charge in [0, 0.05) is 36.9 Å². The zero-order valence-electron chi connectivity index (χ0n) is 13.7. The molecule has 0 aliphatic heterocycles. The van der Waals surface area contributed by atoms with Gasteiger partial charge in [-0.3, -0.25) is 4.79 Å². The Bertz CT molecular complexity index is 670. The number of H-pyrrole nitrogens is 1. The zero-order chi connectivity index (χ0) is 16.2. The van der Waals surface area contributed by atoms with Crippen LogP contribution >= 0.6 is 0 Å². The minimum absolute atomic E-state index is 0.0393. The summed E-state index contributed by atoms with van der Waals surface area (Å²) in [7, 11) is 4.07. The third kappa shape index (κ3) is 4.43. The molecule has 5 nitrogen and oxygen atoms in total. The van der Waals surface area contributed by atoms with Gasteiger partial charge in [-0.15, -0.1) is 0 Å². The van der Waals surface area contributed by atoms with Gasteiger partial charge in [-0.1, -0.05) is 13.8 Å². The molecular formula is C17H24N4O. The maximum atomic E-state index is 12.0. The molecule has 0 bridgehead atoms. The Hall–Kier alpha value is -2.14. The lowest BCUT2D eigenvalue weighted by molar-refractivity contribution is -0.116. The average molecular weight is 300 g/mol. The van der Waals surface area contributed by atoms with E-state index < -0.39 is 0 Å². The highest BCUT2D eigenvalue weighted by Crippen LogP contribution is 2.16. The molecule has 118 valence electrons.